The van der Waals surface area contributed by atoms with Gasteiger partial charge < -0.3 is 10.1 Å². The summed E-state index contributed by atoms with van der Waals surface area (Å²) >= 11 is 0. The molecule has 1 aliphatic heterocycles. The molecule has 0 saturated carbocycles. The van der Waals surface area contributed by atoms with Crippen molar-refractivity contribution in [3.63, 3.8) is 0 Å². The number of pyridine rings is 1. The molecule has 0 radical (unpaired) electrons. The summed E-state index contributed by atoms with van der Waals surface area (Å²) in [7, 11) is -1.58. The van der Waals surface area contributed by atoms with Gasteiger partial charge in [-0.3, -0.25) is 19.1 Å². The predicted molar refractivity (Wildman–Crippen MR) is 118 cm³/mol. The largest absolute Gasteiger partial charge is 0.497 e. The average molecular weight is 449 g/mol. The van der Waals surface area contributed by atoms with Crippen LogP contribution in [0.3, 0.4) is 0 Å². The molecule has 1 aromatic heterocycles. The molecule has 0 unspecified atom stereocenters. The molecule has 1 aliphatic rings. The molecule has 0 bridgehead atoms. The highest BCUT2D eigenvalue weighted by atomic mass is 32.2. The maximum atomic E-state index is 12.6. The minimum atomic E-state index is -3.15. The number of sulfonamides is 1. The van der Waals surface area contributed by atoms with Gasteiger partial charge in [-0.2, -0.15) is 4.31 Å². The van der Waals surface area contributed by atoms with E-state index in [9.17, 15) is 18.0 Å². The molecule has 31 heavy (non-hydrogen) atoms. The molecule has 1 aromatic carbocycles. The Balaban J connectivity index is 1.55. The molecule has 0 atom stereocenters. The molecule has 1 fully saturated rings. The van der Waals surface area contributed by atoms with Crippen LogP contribution in [0.5, 0.6) is 5.75 Å². The Morgan fingerprint density at radius 2 is 1.74 bits per heavy atom. The van der Waals surface area contributed by atoms with Crippen LogP contribution in [0, 0.1) is 0 Å². The quantitative estimate of drug-likeness (QED) is 0.633. The number of carbonyl (C=O) groups excluding carboxylic acids is 1. The standard InChI is InChI=1S/C21H28N4O5S/c1-3-31(28,29)24-14-12-23(13-15-24)11-10-22-21(27)17-4-9-20(26)25(16-17)18-5-7-19(30-2)8-6-18/h4-9,16H,3,10-15H2,1-2H3,(H,22,27). The first-order valence-electron chi connectivity index (χ1n) is 10.2. The van der Waals surface area contributed by atoms with Crippen molar-refractivity contribution >= 4 is 15.9 Å². The predicted octanol–water partition coefficient (Wildman–Crippen LogP) is 0.543. The molecule has 9 nitrogen and oxygen atoms in total. The topological polar surface area (TPSA) is 101 Å². The number of rotatable bonds is 8. The number of amides is 1. The number of aromatic nitrogens is 1. The normalized spacial score (nSPS) is 15.5. The molecule has 10 heteroatoms. The third-order valence-electron chi connectivity index (χ3n) is 5.33. The second-order valence-electron chi connectivity index (χ2n) is 7.22. The van der Waals surface area contributed by atoms with Crippen molar-refractivity contribution in [3.8, 4) is 11.4 Å². The maximum Gasteiger partial charge on any atom is 0.255 e. The minimum absolute atomic E-state index is 0.113. The van der Waals surface area contributed by atoms with Crippen LogP contribution in [0.4, 0.5) is 0 Å². The highest BCUT2D eigenvalue weighted by molar-refractivity contribution is 7.89. The van der Waals surface area contributed by atoms with Gasteiger partial charge >= 0.3 is 0 Å². The summed E-state index contributed by atoms with van der Waals surface area (Å²) in [5.41, 5.74) is 0.788. The van der Waals surface area contributed by atoms with E-state index < -0.39 is 10.0 Å². The summed E-state index contributed by atoms with van der Waals surface area (Å²) in [6.07, 6.45) is 1.52. The van der Waals surface area contributed by atoms with Crippen LogP contribution >= 0.6 is 0 Å². The number of carbonyl (C=O) groups is 1. The van der Waals surface area contributed by atoms with E-state index in [-0.39, 0.29) is 17.2 Å². The SMILES string of the molecule is CCS(=O)(=O)N1CCN(CCNC(=O)c2ccc(=O)n(-c3ccc(OC)cc3)c2)CC1. The molecular weight excluding hydrogens is 420 g/mol. The molecule has 0 aliphatic carbocycles. The number of nitrogens with zero attached hydrogens (tertiary/aromatic N) is 3. The van der Waals surface area contributed by atoms with Gasteiger partial charge in [0, 0.05) is 57.2 Å². The Morgan fingerprint density at radius 1 is 1.06 bits per heavy atom. The zero-order valence-electron chi connectivity index (χ0n) is 17.8. The van der Waals surface area contributed by atoms with Crippen LogP contribution in [-0.2, 0) is 10.0 Å². The first-order valence-corrected chi connectivity index (χ1v) is 11.8. The summed E-state index contributed by atoms with van der Waals surface area (Å²) in [5, 5.41) is 2.87. The lowest BCUT2D eigenvalue weighted by molar-refractivity contribution is 0.0944. The highest BCUT2D eigenvalue weighted by Crippen LogP contribution is 2.14. The van der Waals surface area contributed by atoms with E-state index in [1.807, 2.05) is 0 Å². The highest BCUT2D eigenvalue weighted by Gasteiger charge is 2.25. The van der Waals surface area contributed by atoms with Crippen molar-refractivity contribution in [1.29, 1.82) is 0 Å². The first-order chi connectivity index (χ1) is 14.8. The maximum absolute atomic E-state index is 12.6. The van der Waals surface area contributed by atoms with Gasteiger partial charge in [-0.05, 0) is 37.3 Å². The molecular formula is C21H28N4O5S. The zero-order valence-corrected chi connectivity index (χ0v) is 18.6. The average Bonchev–Trinajstić information content (AvgIpc) is 2.79. The Hall–Kier alpha value is -2.69. The minimum Gasteiger partial charge on any atom is -0.497 e. The van der Waals surface area contributed by atoms with Gasteiger partial charge in [0.25, 0.3) is 11.5 Å². The Morgan fingerprint density at radius 3 is 2.35 bits per heavy atom. The molecule has 2 aromatic rings. The van der Waals surface area contributed by atoms with Crippen LogP contribution < -0.4 is 15.6 Å². The number of hydrogen-bond donors (Lipinski definition) is 1. The number of benzene rings is 1. The molecule has 1 N–H and O–H groups in total. The number of nitrogens with one attached hydrogen (secondary N) is 1. The van der Waals surface area contributed by atoms with Crippen molar-refractivity contribution < 1.29 is 17.9 Å². The molecule has 3 rings (SSSR count). The van der Waals surface area contributed by atoms with Crippen LogP contribution in [-0.4, -0.2) is 80.2 Å². The summed E-state index contributed by atoms with van der Waals surface area (Å²) in [6.45, 7) is 4.92. The monoisotopic (exact) mass is 448 g/mol. The molecule has 0 spiro atoms. The van der Waals surface area contributed by atoms with Crippen molar-refractivity contribution in [2.24, 2.45) is 0 Å². The summed E-state index contributed by atoms with van der Waals surface area (Å²) in [4.78, 5) is 26.9. The summed E-state index contributed by atoms with van der Waals surface area (Å²) < 4.78 is 31.9. The smallest absolute Gasteiger partial charge is 0.255 e. The van der Waals surface area contributed by atoms with Crippen LogP contribution in [0.15, 0.2) is 47.4 Å². The van der Waals surface area contributed by atoms with E-state index in [1.165, 1.54) is 27.2 Å². The van der Waals surface area contributed by atoms with E-state index in [0.29, 0.717) is 56.3 Å². The third-order valence-corrected chi connectivity index (χ3v) is 7.21. The lowest BCUT2D eigenvalue weighted by Gasteiger charge is -2.33. The third kappa shape index (κ3) is 5.72. The Bertz CT molecular complexity index is 1060. The summed E-state index contributed by atoms with van der Waals surface area (Å²) in [5.74, 6) is 0.523. The van der Waals surface area contributed by atoms with Crippen LogP contribution in [0.2, 0.25) is 0 Å². The summed E-state index contributed by atoms with van der Waals surface area (Å²) in [6, 6.07) is 9.87. The van der Waals surface area contributed by atoms with E-state index >= 15 is 0 Å². The van der Waals surface area contributed by atoms with E-state index in [1.54, 1.807) is 38.3 Å². The van der Waals surface area contributed by atoms with Gasteiger partial charge in [-0.1, -0.05) is 0 Å². The Labute approximate surface area is 182 Å². The molecule has 1 amide bonds. The van der Waals surface area contributed by atoms with Crippen molar-refractivity contribution in [1.82, 2.24) is 19.1 Å². The molecule has 2 heterocycles. The van der Waals surface area contributed by atoms with E-state index in [4.69, 9.17) is 4.74 Å². The van der Waals surface area contributed by atoms with Gasteiger partial charge in [0.05, 0.1) is 18.4 Å². The Kier molecular flexibility index (Phi) is 7.47. The first kappa shape index (κ1) is 23.0. The van der Waals surface area contributed by atoms with Gasteiger partial charge in [0.1, 0.15) is 5.75 Å². The molecule has 168 valence electrons. The van der Waals surface area contributed by atoms with E-state index in [2.05, 4.69) is 10.2 Å². The van der Waals surface area contributed by atoms with Gasteiger partial charge in [0.15, 0.2) is 0 Å². The van der Waals surface area contributed by atoms with Gasteiger partial charge in [0.2, 0.25) is 10.0 Å². The fraction of sp³-hybridized carbons (Fsp3) is 0.429. The van der Waals surface area contributed by atoms with Crippen molar-refractivity contribution in [3.05, 3.63) is 58.5 Å². The van der Waals surface area contributed by atoms with Gasteiger partial charge in [-0.25, -0.2) is 8.42 Å². The lowest BCUT2D eigenvalue weighted by atomic mass is 10.2. The zero-order chi connectivity index (χ0) is 22.4. The van der Waals surface area contributed by atoms with Crippen LogP contribution in [0.25, 0.3) is 5.69 Å². The lowest BCUT2D eigenvalue weighted by Crippen LogP contribution is -2.50. The fourth-order valence-corrected chi connectivity index (χ4v) is 4.49. The van der Waals surface area contributed by atoms with Crippen molar-refractivity contribution in [2.45, 2.75) is 6.92 Å². The number of ether oxygens (including phenoxy) is 1. The second kappa shape index (κ2) is 10.1. The van der Waals surface area contributed by atoms with E-state index in [0.717, 1.165) is 0 Å². The van der Waals surface area contributed by atoms with Crippen molar-refractivity contribution in [2.75, 3.05) is 52.1 Å². The number of hydrogen-bond acceptors (Lipinski definition) is 6. The van der Waals surface area contributed by atoms with Crippen LogP contribution in [0.1, 0.15) is 17.3 Å². The fourth-order valence-electron chi connectivity index (χ4n) is 3.41. The van der Waals surface area contributed by atoms with Gasteiger partial charge in [-0.15, -0.1) is 0 Å². The second-order valence-corrected chi connectivity index (χ2v) is 9.48. The molecule has 1 saturated heterocycles. The number of piperazine rings is 1. The number of methoxy groups -OCH3 is 1.